The molecule has 0 radical (unpaired) electrons. The van der Waals surface area contributed by atoms with Crippen LogP contribution < -0.4 is 30.8 Å². The zero-order valence-corrected chi connectivity index (χ0v) is 36.7. The van der Waals surface area contributed by atoms with Crippen molar-refractivity contribution in [3.63, 3.8) is 0 Å². The molecule has 9 aromatic carbocycles. The Morgan fingerprint density at radius 1 is 0.545 bits per heavy atom. The summed E-state index contributed by atoms with van der Waals surface area (Å²) >= 11 is 0. The number of para-hydroxylation sites is 2. The molecule has 2 heterocycles. The summed E-state index contributed by atoms with van der Waals surface area (Å²) < 4.78 is 14.2. The Hall–Kier alpha value is -7.82. The summed E-state index contributed by atoms with van der Waals surface area (Å²) in [5, 5.41) is 5.06. The number of hydrogen-bond acceptors (Lipinski definition) is 3. The van der Waals surface area contributed by atoms with Crippen molar-refractivity contribution in [2.75, 3.05) is 4.90 Å². The lowest BCUT2D eigenvalue weighted by Gasteiger charge is -2.40. The molecular formula is C62H44BNO2. The first-order valence-electron chi connectivity index (χ1n) is 23.5. The van der Waals surface area contributed by atoms with Crippen LogP contribution in [0.2, 0.25) is 0 Å². The fourth-order valence-corrected chi connectivity index (χ4v) is 11.8. The Morgan fingerprint density at radius 2 is 1.23 bits per heavy atom. The van der Waals surface area contributed by atoms with Gasteiger partial charge in [0, 0.05) is 34.5 Å². The minimum atomic E-state index is -0.0327. The Labute approximate surface area is 385 Å². The van der Waals surface area contributed by atoms with Gasteiger partial charge in [-0.2, -0.15) is 0 Å². The van der Waals surface area contributed by atoms with Crippen molar-refractivity contribution in [2.45, 2.75) is 32.1 Å². The number of benzene rings is 9. The van der Waals surface area contributed by atoms with Crippen LogP contribution in [0.25, 0.3) is 61.0 Å². The third-order valence-corrected chi connectivity index (χ3v) is 14.9. The van der Waals surface area contributed by atoms with Crippen LogP contribution in [0, 0.1) is 5.92 Å². The number of fused-ring (bicyclic) bond motifs is 6. The van der Waals surface area contributed by atoms with Gasteiger partial charge in [0.1, 0.15) is 23.0 Å². The first-order chi connectivity index (χ1) is 32.6. The molecule has 4 heteroatoms. The molecule has 0 amide bonds. The molecule has 0 aromatic heterocycles. The van der Waals surface area contributed by atoms with Crippen molar-refractivity contribution >= 4 is 62.1 Å². The molecule has 2 aliphatic heterocycles. The van der Waals surface area contributed by atoms with Gasteiger partial charge in [-0.25, -0.2) is 0 Å². The van der Waals surface area contributed by atoms with Crippen molar-refractivity contribution in [2.24, 2.45) is 5.92 Å². The van der Waals surface area contributed by atoms with Crippen molar-refractivity contribution in [3.8, 4) is 56.4 Å². The molecule has 1 saturated carbocycles. The molecule has 1 unspecified atom stereocenters. The third-order valence-electron chi connectivity index (χ3n) is 14.9. The quantitative estimate of drug-likeness (QED) is 0.156. The molecule has 3 nitrogen and oxygen atoms in total. The molecule has 1 fully saturated rings. The first-order valence-corrected chi connectivity index (χ1v) is 23.5. The summed E-state index contributed by atoms with van der Waals surface area (Å²) in [6.45, 7) is 2.28. The zero-order chi connectivity index (χ0) is 43.5. The molecule has 0 saturated heterocycles. The van der Waals surface area contributed by atoms with Crippen LogP contribution in [0.5, 0.6) is 23.0 Å². The van der Waals surface area contributed by atoms with Gasteiger partial charge in [0.2, 0.25) is 0 Å². The van der Waals surface area contributed by atoms with Crippen molar-refractivity contribution in [1.29, 1.82) is 0 Å². The van der Waals surface area contributed by atoms with Crippen molar-refractivity contribution in [3.05, 3.63) is 217 Å². The first kappa shape index (κ1) is 37.5. The lowest BCUT2D eigenvalue weighted by atomic mass is 9.35. The highest BCUT2D eigenvalue weighted by Gasteiger charge is 2.42. The van der Waals surface area contributed by atoms with Gasteiger partial charge in [0.15, 0.2) is 0 Å². The van der Waals surface area contributed by atoms with Crippen LogP contribution in [0.3, 0.4) is 0 Å². The van der Waals surface area contributed by atoms with E-state index in [-0.39, 0.29) is 6.71 Å². The van der Waals surface area contributed by atoms with Crippen LogP contribution in [-0.2, 0) is 0 Å². The van der Waals surface area contributed by atoms with Gasteiger partial charge < -0.3 is 14.4 Å². The van der Waals surface area contributed by atoms with Gasteiger partial charge in [0.25, 0.3) is 6.71 Å². The van der Waals surface area contributed by atoms with Gasteiger partial charge in [0.05, 0.1) is 0 Å². The van der Waals surface area contributed by atoms with Gasteiger partial charge in [-0.15, -0.1) is 0 Å². The summed E-state index contributed by atoms with van der Waals surface area (Å²) in [5.74, 6) is 4.32. The lowest BCUT2D eigenvalue weighted by molar-refractivity contribution is 0.465. The molecule has 4 aliphatic carbocycles. The largest absolute Gasteiger partial charge is 0.458 e. The summed E-state index contributed by atoms with van der Waals surface area (Å²) in [5.41, 5.74) is 18.7. The van der Waals surface area contributed by atoms with E-state index in [0.29, 0.717) is 11.8 Å². The molecule has 0 N–H and O–H groups in total. The fourth-order valence-electron chi connectivity index (χ4n) is 11.8. The highest BCUT2D eigenvalue weighted by atomic mass is 16.5. The molecule has 66 heavy (non-hydrogen) atoms. The van der Waals surface area contributed by atoms with E-state index in [4.69, 9.17) is 9.47 Å². The molecule has 15 rings (SSSR count). The van der Waals surface area contributed by atoms with Crippen molar-refractivity contribution < 1.29 is 9.47 Å². The van der Waals surface area contributed by atoms with E-state index in [2.05, 4.69) is 212 Å². The van der Waals surface area contributed by atoms with E-state index < -0.39 is 0 Å². The number of ether oxygens (including phenoxy) is 2. The maximum Gasteiger partial charge on any atom is 0.260 e. The summed E-state index contributed by atoms with van der Waals surface area (Å²) in [6, 6.07) is 64.4. The molecular weight excluding hydrogens is 801 g/mol. The number of anilines is 2. The summed E-state index contributed by atoms with van der Waals surface area (Å²) in [4.78, 5) is 2.41. The summed E-state index contributed by atoms with van der Waals surface area (Å²) in [7, 11) is 0. The van der Waals surface area contributed by atoms with E-state index in [0.717, 1.165) is 75.6 Å². The van der Waals surface area contributed by atoms with Crippen LogP contribution >= 0.6 is 0 Å². The second-order valence-corrected chi connectivity index (χ2v) is 18.7. The Bertz CT molecular complexity index is 3590. The number of hydrogen-bond donors (Lipinski definition) is 0. The fraction of sp³-hybridized carbons (Fsp3) is 0.0968. The predicted molar refractivity (Wildman–Crippen MR) is 275 cm³/mol. The van der Waals surface area contributed by atoms with E-state index in [1.807, 2.05) is 0 Å². The molecule has 9 aromatic rings. The lowest BCUT2D eigenvalue weighted by Crippen LogP contribution is -2.57. The van der Waals surface area contributed by atoms with Crippen LogP contribution in [0.15, 0.2) is 205 Å². The number of rotatable bonds is 6. The standard InChI is InChI=1S/C62H44BNO2/c1-38-14-5-11-24-54(38)64(45-17-3-2-4-18-45)46-30-31-53-56(37-46)66-58-36-44(35-57-62(58)63(53)52-23-10-12-25-55(52)65-57)60-50-21-9-8-20-49(50)59(51-34-39-32-43(33-39)61(51)60)42-28-26-41(27-29-42)48-22-13-16-40-15-6-7-19-47(40)48/h2-13,15-31,34-38,43H,14,32-33H2,1H3. The maximum atomic E-state index is 7.25. The Balaban J connectivity index is 0.941. The smallest absolute Gasteiger partial charge is 0.260 e. The van der Waals surface area contributed by atoms with Gasteiger partial charge in [-0.1, -0.05) is 164 Å². The van der Waals surface area contributed by atoms with E-state index in [1.54, 1.807) is 5.57 Å². The highest BCUT2D eigenvalue weighted by Crippen LogP contribution is 2.57. The van der Waals surface area contributed by atoms with E-state index in [9.17, 15) is 0 Å². The topological polar surface area (TPSA) is 21.7 Å². The third kappa shape index (κ3) is 5.70. The van der Waals surface area contributed by atoms with Crippen LogP contribution in [0.4, 0.5) is 11.4 Å². The normalized spacial score (nSPS) is 16.2. The summed E-state index contributed by atoms with van der Waals surface area (Å²) in [6.07, 6.45) is 12.5. The molecule has 0 spiro atoms. The van der Waals surface area contributed by atoms with E-state index in [1.165, 1.54) is 66.2 Å². The molecule has 2 bridgehead atoms. The van der Waals surface area contributed by atoms with Gasteiger partial charge in [-0.05, 0) is 145 Å². The van der Waals surface area contributed by atoms with E-state index >= 15 is 0 Å². The molecule has 6 aliphatic rings. The zero-order valence-electron chi connectivity index (χ0n) is 36.7. The maximum absolute atomic E-state index is 7.25. The Kier molecular flexibility index (Phi) is 8.31. The number of allylic oxidation sites excluding steroid dienone is 5. The second-order valence-electron chi connectivity index (χ2n) is 18.7. The molecule has 312 valence electrons. The second kappa shape index (κ2) is 14.6. The van der Waals surface area contributed by atoms with Crippen LogP contribution in [0.1, 0.15) is 43.2 Å². The van der Waals surface area contributed by atoms with Gasteiger partial charge >= 0.3 is 0 Å². The van der Waals surface area contributed by atoms with Crippen LogP contribution in [-0.4, -0.2) is 6.71 Å². The monoisotopic (exact) mass is 845 g/mol. The Morgan fingerprint density at radius 3 is 2.05 bits per heavy atom. The highest BCUT2D eigenvalue weighted by molar-refractivity contribution is 6.98. The molecule has 1 atom stereocenters. The average Bonchev–Trinajstić information content (AvgIpc) is 3.35. The van der Waals surface area contributed by atoms with Crippen molar-refractivity contribution in [1.82, 2.24) is 0 Å². The predicted octanol–water partition coefficient (Wildman–Crippen LogP) is 14.6. The van der Waals surface area contributed by atoms with Gasteiger partial charge in [-0.3, -0.25) is 0 Å². The minimum absolute atomic E-state index is 0.0327. The SMILES string of the molecule is CC1CC=CC=C1N(c1ccccc1)c1ccc2c(c1)Oc1cc(-c3c4c(c(-c5ccc(-c6cccc7ccccc67)cc5)c5ccccc35)C=C3CC4C3)cc3c1B2c1ccccc1O3. The minimum Gasteiger partial charge on any atom is -0.458 e. The average molecular weight is 846 g/mol. The number of nitrogens with zero attached hydrogens (tertiary/aromatic N) is 1.